The average Bonchev–Trinajstić information content (AvgIpc) is 2.40. The molecule has 2 nitrogen and oxygen atoms in total. The zero-order valence-electron chi connectivity index (χ0n) is 11.3. The fourth-order valence-electron chi connectivity index (χ4n) is 2.94. The van der Waals surface area contributed by atoms with Gasteiger partial charge in [0.2, 0.25) is 0 Å². The highest BCUT2D eigenvalue weighted by molar-refractivity contribution is 5.22. The number of likely N-dealkylation sites (tertiary alicyclic amines) is 1. The second-order valence-electron chi connectivity index (χ2n) is 4.94. The van der Waals surface area contributed by atoms with Crippen LogP contribution in [0.4, 0.5) is 4.39 Å². The van der Waals surface area contributed by atoms with E-state index in [4.69, 9.17) is 0 Å². The Morgan fingerprint density at radius 3 is 2.78 bits per heavy atom. The summed E-state index contributed by atoms with van der Waals surface area (Å²) in [5, 5.41) is 3.50. The van der Waals surface area contributed by atoms with Gasteiger partial charge >= 0.3 is 0 Å². The molecule has 1 heterocycles. The molecule has 0 aromatic heterocycles. The Kier molecular flexibility index (Phi) is 4.72. The van der Waals surface area contributed by atoms with Gasteiger partial charge in [0.15, 0.2) is 0 Å². The molecule has 100 valence electrons. The molecule has 0 unspecified atom stereocenters. The Bertz CT molecular complexity index is 381. The number of piperidine rings is 1. The topological polar surface area (TPSA) is 15.3 Å². The summed E-state index contributed by atoms with van der Waals surface area (Å²) >= 11 is 0. The van der Waals surface area contributed by atoms with Crippen molar-refractivity contribution >= 4 is 0 Å². The highest BCUT2D eigenvalue weighted by atomic mass is 19.1. The summed E-state index contributed by atoms with van der Waals surface area (Å²) in [7, 11) is 0. The molecule has 1 aliphatic heterocycles. The molecule has 1 aliphatic rings. The van der Waals surface area contributed by atoms with Crippen LogP contribution in [0.3, 0.4) is 0 Å². The fourth-order valence-corrected chi connectivity index (χ4v) is 2.94. The Hall–Kier alpha value is -0.930. The highest BCUT2D eigenvalue weighted by Gasteiger charge is 2.29. The fraction of sp³-hybridized carbons (Fsp3) is 0.600. The van der Waals surface area contributed by atoms with Crippen molar-refractivity contribution in [2.75, 3.05) is 19.6 Å². The number of nitrogens with one attached hydrogen (secondary N) is 1. The molecule has 1 aromatic rings. The van der Waals surface area contributed by atoms with Crippen LogP contribution in [-0.2, 0) is 0 Å². The molecule has 1 N–H and O–H groups in total. The maximum Gasteiger partial charge on any atom is 0.127 e. The number of nitrogens with zero attached hydrogens (tertiary/aromatic N) is 1. The van der Waals surface area contributed by atoms with E-state index >= 15 is 0 Å². The second-order valence-corrected chi connectivity index (χ2v) is 4.94. The first-order chi connectivity index (χ1) is 8.76. The van der Waals surface area contributed by atoms with Crippen LogP contribution in [0.25, 0.3) is 0 Å². The quantitative estimate of drug-likeness (QED) is 0.884. The molecule has 0 amide bonds. The monoisotopic (exact) mass is 250 g/mol. The maximum atomic E-state index is 13.9. The van der Waals surface area contributed by atoms with E-state index < -0.39 is 0 Å². The molecular weight excluding hydrogens is 227 g/mol. The standard InChI is InChI=1S/C15H23FN2/c1-3-17-12-9-10-18(4-2)15(11-12)13-7-5-6-8-14(13)16/h5-8,12,15,17H,3-4,9-11H2,1-2H3/t12-,15+/m1/s1. The van der Waals surface area contributed by atoms with E-state index in [0.29, 0.717) is 6.04 Å². The zero-order valence-corrected chi connectivity index (χ0v) is 11.3. The molecule has 2 rings (SSSR count). The second kappa shape index (κ2) is 6.30. The molecule has 0 spiro atoms. The minimum absolute atomic E-state index is 0.0712. The zero-order chi connectivity index (χ0) is 13.0. The van der Waals surface area contributed by atoms with Gasteiger partial charge in [0.1, 0.15) is 5.82 Å². The molecule has 0 bridgehead atoms. The predicted octanol–water partition coefficient (Wildman–Crippen LogP) is 2.96. The van der Waals surface area contributed by atoms with Crippen molar-refractivity contribution in [2.45, 2.75) is 38.8 Å². The highest BCUT2D eigenvalue weighted by Crippen LogP contribution is 2.32. The van der Waals surface area contributed by atoms with E-state index in [1.165, 1.54) is 0 Å². The van der Waals surface area contributed by atoms with Crippen molar-refractivity contribution in [1.82, 2.24) is 10.2 Å². The van der Waals surface area contributed by atoms with Gasteiger partial charge in [-0.3, -0.25) is 4.90 Å². The molecule has 1 aromatic carbocycles. The van der Waals surface area contributed by atoms with Gasteiger partial charge in [-0.05, 0) is 32.0 Å². The van der Waals surface area contributed by atoms with Crippen LogP contribution < -0.4 is 5.32 Å². The smallest absolute Gasteiger partial charge is 0.127 e. The predicted molar refractivity (Wildman–Crippen MR) is 73.1 cm³/mol. The Morgan fingerprint density at radius 1 is 1.33 bits per heavy atom. The molecule has 0 saturated carbocycles. The van der Waals surface area contributed by atoms with E-state index in [1.807, 2.05) is 12.1 Å². The number of rotatable bonds is 4. The maximum absolute atomic E-state index is 13.9. The number of benzene rings is 1. The van der Waals surface area contributed by atoms with E-state index in [9.17, 15) is 4.39 Å². The molecule has 2 atom stereocenters. The van der Waals surface area contributed by atoms with Crippen molar-refractivity contribution < 1.29 is 4.39 Å². The normalized spacial score (nSPS) is 25.3. The van der Waals surface area contributed by atoms with Crippen LogP contribution in [0, 0.1) is 5.82 Å². The largest absolute Gasteiger partial charge is 0.314 e. The van der Waals surface area contributed by atoms with Gasteiger partial charge in [-0.2, -0.15) is 0 Å². The van der Waals surface area contributed by atoms with Gasteiger partial charge in [0.05, 0.1) is 0 Å². The number of hydrogen-bond donors (Lipinski definition) is 1. The van der Waals surface area contributed by atoms with Crippen molar-refractivity contribution in [1.29, 1.82) is 0 Å². The summed E-state index contributed by atoms with van der Waals surface area (Å²) in [4.78, 5) is 2.38. The van der Waals surface area contributed by atoms with E-state index in [1.54, 1.807) is 12.1 Å². The van der Waals surface area contributed by atoms with Crippen molar-refractivity contribution in [3.63, 3.8) is 0 Å². The first-order valence-corrected chi connectivity index (χ1v) is 6.98. The minimum atomic E-state index is -0.0712. The molecule has 1 fully saturated rings. The molecule has 0 radical (unpaired) electrons. The Morgan fingerprint density at radius 2 is 2.11 bits per heavy atom. The summed E-state index contributed by atoms with van der Waals surface area (Å²) in [6, 6.07) is 7.93. The van der Waals surface area contributed by atoms with Gasteiger partial charge in [-0.25, -0.2) is 4.39 Å². The van der Waals surface area contributed by atoms with Gasteiger partial charge < -0.3 is 5.32 Å². The van der Waals surface area contributed by atoms with Crippen molar-refractivity contribution in [3.8, 4) is 0 Å². The molecular formula is C15H23FN2. The van der Waals surface area contributed by atoms with E-state index in [-0.39, 0.29) is 11.9 Å². The van der Waals surface area contributed by atoms with Crippen LogP contribution in [-0.4, -0.2) is 30.6 Å². The van der Waals surface area contributed by atoms with Gasteiger partial charge in [-0.1, -0.05) is 32.0 Å². The summed E-state index contributed by atoms with van der Waals surface area (Å²) < 4.78 is 13.9. The number of hydrogen-bond acceptors (Lipinski definition) is 2. The SMILES string of the molecule is CCN[C@@H]1CCN(CC)[C@H](c2ccccc2F)C1. The molecule has 0 aliphatic carbocycles. The third-order valence-electron chi connectivity index (χ3n) is 3.88. The first-order valence-electron chi connectivity index (χ1n) is 6.98. The van der Waals surface area contributed by atoms with Crippen LogP contribution in [0.2, 0.25) is 0 Å². The van der Waals surface area contributed by atoms with Gasteiger partial charge in [0.25, 0.3) is 0 Å². The lowest BCUT2D eigenvalue weighted by Crippen LogP contribution is -2.44. The minimum Gasteiger partial charge on any atom is -0.314 e. The summed E-state index contributed by atoms with van der Waals surface area (Å²) in [6.45, 7) is 7.30. The van der Waals surface area contributed by atoms with E-state index in [0.717, 1.165) is 38.0 Å². The average molecular weight is 250 g/mol. The van der Waals surface area contributed by atoms with E-state index in [2.05, 4.69) is 24.1 Å². The molecule has 3 heteroatoms. The third-order valence-corrected chi connectivity index (χ3v) is 3.88. The molecule has 18 heavy (non-hydrogen) atoms. The van der Waals surface area contributed by atoms with Crippen LogP contribution in [0.5, 0.6) is 0 Å². The summed E-state index contributed by atoms with van der Waals surface area (Å²) in [5.41, 5.74) is 0.849. The van der Waals surface area contributed by atoms with Crippen molar-refractivity contribution in [3.05, 3.63) is 35.6 Å². The van der Waals surface area contributed by atoms with Gasteiger partial charge in [-0.15, -0.1) is 0 Å². The van der Waals surface area contributed by atoms with Crippen molar-refractivity contribution in [2.24, 2.45) is 0 Å². The third kappa shape index (κ3) is 2.90. The summed E-state index contributed by atoms with van der Waals surface area (Å²) in [5.74, 6) is -0.0712. The lowest BCUT2D eigenvalue weighted by Gasteiger charge is -2.39. The number of halogens is 1. The Labute approximate surface area is 109 Å². The Balaban J connectivity index is 2.18. The lowest BCUT2D eigenvalue weighted by atomic mass is 9.91. The van der Waals surface area contributed by atoms with Crippen LogP contribution >= 0.6 is 0 Å². The molecule has 1 saturated heterocycles. The van der Waals surface area contributed by atoms with Crippen LogP contribution in [0.1, 0.15) is 38.3 Å². The van der Waals surface area contributed by atoms with Crippen LogP contribution in [0.15, 0.2) is 24.3 Å². The van der Waals surface area contributed by atoms with Gasteiger partial charge in [0, 0.05) is 24.2 Å². The first kappa shape index (κ1) is 13.5. The summed E-state index contributed by atoms with van der Waals surface area (Å²) in [6.07, 6.45) is 2.16. The lowest BCUT2D eigenvalue weighted by molar-refractivity contribution is 0.129.